The van der Waals surface area contributed by atoms with Gasteiger partial charge >= 0.3 is 0 Å². The van der Waals surface area contributed by atoms with Gasteiger partial charge in [0, 0.05) is 25.2 Å². The first-order valence-electron chi connectivity index (χ1n) is 8.43. The summed E-state index contributed by atoms with van der Waals surface area (Å²) in [5.74, 6) is -0.136. The molecule has 3 N–H and O–H groups in total. The third-order valence-corrected chi connectivity index (χ3v) is 4.88. The molecule has 1 unspecified atom stereocenters. The lowest BCUT2D eigenvalue weighted by molar-refractivity contribution is -0.123. The van der Waals surface area contributed by atoms with Crippen molar-refractivity contribution in [2.24, 2.45) is 5.73 Å². The number of nitrogens with two attached hydrogens (primary N) is 1. The molecule has 0 aliphatic carbocycles. The van der Waals surface area contributed by atoms with Crippen LogP contribution in [0.5, 0.6) is 0 Å². The van der Waals surface area contributed by atoms with Crippen LogP contribution in [0, 0.1) is 0 Å². The van der Waals surface area contributed by atoms with Crippen LogP contribution in [-0.4, -0.2) is 25.7 Å². The fourth-order valence-electron chi connectivity index (χ4n) is 3.30. The Labute approximate surface area is 143 Å². The van der Waals surface area contributed by atoms with Crippen LogP contribution in [0.1, 0.15) is 30.0 Å². The molecule has 4 heteroatoms. The zero-order chi connectivity index (χ0) is 16.8. The Bertz CT molecular complexity index is 652. The number of carbonyl (C=O) groups is 1. The lowest BCUT2D eigenvalue weighted by atomic mass is 9.74. The molecule has 1 amide bonds. The molecule has 1 aliphatic heterocycles. The minimum absolute atomic E-state index is 0.0778. The molecular formula is C20H24N2O2. The van der Waals surface area contributed by atoms with E-state index in [1.165, 1.54) is 5.56 Å². The summed E-state index contributed by atoms with van der Waals surface area (Å²) >= 11 is 0. The van der Waals surface area contributed by atoms with Crippen LogP contribution in [0.15, 0.2) is 60.7 Å². The lowest BCUT2D eigenvalue weighted by Crippen LogP contribution is -2.46. The number of nitrogens with one attached hydrogen (secondary N) is 1. The van der Waals surface area contributed by atoms with E-state index in [0.29, 0.717) is 6.54 Å². The van der Waals surface area contributed by atoms with Gasteiger partial charge in [-0.25, -0.2) is 0 Å². The smallest absolute Gasteiger partial charge is 0.241 e. The van der Waals surface area contributed by atoms with Crippen molar-refractivity contribution in [1.29, 1.82) is 0 Å². The molecule has 4 nitrogen and oxygen atoms in total. The van der Waals surface area contributed by atoms with Gasteiger partial charge in [-0.1, -0.05) is 60.7 Å². The molecule has 2 aromatic carbocycles. The Morgan fingerprint density at radius 3 is 2.25 bits per heavy atom. The van der Waals surface area contributed by atoms with E-state index in [0.717, 1.165) is 31.6 Å². The summed E-state index contributed by atoms with van der Waals surface area (Å²) in [5.41, 5.74) is 8.10. The third kappa shape index (κ3) is 3.66. The van der Waals surface area contributed by atoms with Crippen LogP contribution in [0.25, 0.3) is 0 Å². The van der Waals surface area contributed by atoms with Crippen molar-refractivity contribution in [3.8, 4) is 0 Å². The molecule has 3 rings (SSSR count). The second-order valence-electron chi connectivity index (χ2n) is 6.36. The average molecular weight is 324 g/mol. The summed E-state index contributed by atoms with van der Waals surface area (Å²) in [5, 5.41) is 3.07. The minimum Gasteiger partial charge on any atom is -0.381 e. The van der Waals surface area contributed by atoms with Crippen LogP contribution < -0.4 is 11.1 Å². The standard InChI is InChI=1S/C20H24N2O2/c21-18(16-7-3-1-4-8-16)19(23)22-15-20(11-13-24-14-12-20)17-9-5-2-6-10-17/h1-10,18H,11-15,21H2,(H,22,23). The number of hydrogen-bond donors (Lipinski definition) is 2. The second-order valence-corrected chi connectivity index (χ2v) is 6.36. The first kappa shape index (κ1) is 16.7. The number of ether oxygens (including phenoxy) is 1. The highest BCUT2D eigenvalue weighted by atomic mass is 16.5. The van der Waals surface area contributed by atoms with Gasteiger partial charge < -0.3 is 15.8 Å². The van der Waals surface area contributed by atoms with E-state index < -0.39 is 6.04 Å². The van der Waals surface area contributed by atoms with Crippen molar-refractivity contribution < 1.29 is 9.53 Å². The predicted octanol–water partition coefficient (Wildman–Crippen LogP) is 2.55. The van der Waals surface area contributed by atoms with E-state index >= 15 is 0 Å². The lowest BCUT2D eigenvalue weighted by Gasteiger charge is -2.38. The van der Waals surface area contributed by atoms with Gasteiger partial charge in [0.1, 0.15) is 6.04 Å². The zero-order valence-corrected chi connectivity index (χ0v) is 13.8. The maximum Gasteiger partial charge on any atom is 0.241 e. The van der Waals surface area contributed by atoms with Crippen molar-refractivity contribution in [3.05, 3.63) is 71.8 Å². The molecular weight excluding hydrogens is 300 g/mol. The van der Waals surface area contributed by atoms with Gasteiger partial charge in [0.2, 0.25) is 5.91 Å². The SMILES string of the molecule is NC(C(=O)NCC1(c2ccccc2)CCOCC1)c1ccccc1. The molecule has 1 aliphatic rings. The third-order valence-electron chi connectivity index (χ3n) is 4.88. The highest BCUT2D eigenvalue weighted by molar-refractivity contribution is 5.83. The van der Waals surface area contributed by atoms with E-state index in [1.54, 1.807) is 0 Å². The Hall–Kier alpha value is -2.17. The fourth-order valence-corrected chi connectivity index (χ4v) is 3.30. The zero-order valence-electron chi connectivity index (χ0n) is 13.8. The van der Waals surface area contributed by atoms with Gasteiger partial charge in [0.25, 0.3) is 0 Å². The summed E-state index contributed by atoms with van der Waals surface area (Å²) in [7, 11) is 0. The summed E-state index contributed by atoms with van der Waals surface area (Å²) in [6.45, 7) is 2.02. The van der Waals surface area contributed by atoms with Crippen LogP contribution in [-0.2, 0) is 14.9 Å². The number of rotatable bonds is 5. The van der Waals surface area contributed by atoms with Gasteiger partial charge in [0.05, 0.1) is 0 Å². The van der Waals surface area contributed by atoms with Gasteiger partial charge in [-0.15, -0.1) is 0 Å². The molecule has 1 saturated heterocycles. The van der Waals surface area contributed by atoms with Gasteiger partial charge in [0.15, 0.2) is 0 Å². The number of benzene rings is 2. The van der Waals surface area contributed by atoms with Gasteiger partial charge in [-0.3, -0.25) is 4.79 Å². The Balaban J connectivity index is 1.71. The number of hydrogen-bond acceptors (Lipinski definition) is 3. The molecule has 1 fully saturated rings. The molecule has 0 spiro atoms. The van der Waals surface area contributed by atoms with Crippen molar-refractivity contribution in [2.45, 2.75) is 24.3 Å². The Morgan fingerprint density at radius 1 is 1.04 bits per heavy atom. The number of amides is 1. The van der Waals surface area contributed by atoms with Crippen LogP contribution in [0.4, 0.5) is 0 Å². The summed E-state index contributed by atoms with van der Waals surface area (Å²) < 4.78 is 5.53. The second kappa shape index (κ2) is 7.60. The van der Waals surface area contributed by atoms with Crippen molar-refractivity contribution in [1.82, 2.24) is 5.32 Å². The van der Waals surface area contributed by atoms with E-state index in [9.17, 15) is 4.79 Å². The molecule has 0 saturated carbocycles. The van der Waals surface area contributed by atoms with E-state index in [2.05, 4.69) is 17.4 Å². The van der Waals surface area contributed by atoms with E-state index in [1.807, 2.05) is 48.5 Å². The van der Waals surface area contributed by atoms with Crippen LogP contribution >= 0.6 is 0 Å². The Kier molecular flexibility index (Phi) is 5.28. The summed E-state index contributed by atoms with van der Waals surface area (Å²) in [6.07, 6.45) is 1.80. The summed E-state index contributed by atoms with van der Waals surface area (Å²) in [4.78, 5) is 12.5. The highest BCUT2D eigenvalue weighted by Gasteiger charge is 2.35. The molecule has 1 heterocycles. The summed E-state index contributed by atoms with van der Waals surface area (Å²) in [6, 6.07) is 19.2. The maximum atomic E-state index is 12.5. The molecule has 1 atom stereocenters. The predicted molar refractivity (Wildman–Crippen MR) is 94.6 cm³/mol. The fraction of sp³-hybridized carbons (Fsp3) is 0.350. The average Bonchev–Trinajstić information content (AvgIpc) is 2.67. The molecule has 24 heavy (non-hydrogen) atoms. The molecule has 0 aromatic heterocycles. The normalized spacial score (nSPS) is 17.9. The minimum atomic E-state index is -0.640. The monoisotopic (exact) mass is 324 g/mol. The van der Waals surface area contributed by atoms with Gasteiger partial charge in [-0.05, 0) is 24.0 Å². The number of carbonyl (C=O) groups excluding carboxylic acids is 1. The highest BCUT2D eigenvalue weighted by Crippen LogP contribution is 2.34. The topological polar surface area (TPSA) is 64.4 Å². The van der Waals surface area contributed by atoms with Crippen molar-refractivity contribution in [3.63, 3.8) is 0 Å². The molecule has 0 radical (unpaired) electrons. The molecule has 2 aromatic rings. The maximum absolute atomic E-state index is 12.5. The van der Waals surface area contributed by atoms with Crippen molar-refractivity contribution in [2.75, 3.05) is 19.8 Å². The van der Waals surface area contributed by atoms with Crippen LogP contribution in [0.3, 0.4) is 0 Å². The largest absolute Gasteiger partial charge is 0.381 e. The molecule has 126 valence electrons. The van der Waals surface area contributed by atoms with E-state index in [-0.39, 0.29) is 11.3 Å². The van der Waals surface area contributed by atoms with Gasteiger partial charge in [-0.2, -0.15) is 0 Å². The molecule has 0 bridgehead atoms. The van der Waals surface area contributed by atoms with Crippen LogP contribution in [0.2, 0.25) is 0 Å². The van der Waals surface area contributed by atoms with Crippen molar-refractivity contribution >= 4 is 5.91 Å². The Morgan fingerprint density at radius 2 is 1.62 bits per heavy atom. The first-order chi connectivity index (χ1) is 11.7. The quantitative estimate of drug-likeness (QED) is 0.888. The van der Waals surface area contributed by atoms with E-state index in [4.69, 9.17) is 10.5 Å². The first-order valence-corrected chi connectivity index (χ1v) is 8.43.